The fourth-order valence-electron chi connectivity index (χ4n) is 1.35. The van der Waals surface area contributed by atoms with Gasteiger partial charge in [-0.25, -0.2) is 0 Å². The maximum atomic E-state index is 8.79. The first-order valence-corrected chi connectivity index (χ1v) is 4.38. The molecule has 0 aliphatic rings. The Morgan fingerprint density at radius 3 is 1.43 bits per heavy atom. The first-order valence-electron chi connectivity index (χ1n) is 4.38. The largest absolute Gasteiger partial charge is 0.456 e. The van der Waals surface area contributed by atoms with Gasteiger partial charge in [0.25, 0.3) is 0 Å². The maximum Gasteiger partial charge on any atom is 0.456 e. The molecule has 6 heteroatoms. The molecule has 0 aromatic heterocycles. The second-order valence-electron chi connectivity index (χ2n) is 3.14. The molecule has 0 unspecified atom stereocenters. The van der Waals surface area contributed by atoms with Crippen molar-refractivity contribution in [3.8, 4) is 0 Å². The Morgan fingerprint density at radius 1 is 0.786 bits per heavy atom. The summed E-state index contributed by atoms with van der Waals surface area (Å²) in [5.74, 6) is 0. The van der Waals surface area contributed by atoms with E-state index in [0.29, 0.717) is 0 Å². The molecule has 0 fully saturated rings. The highest BCUT2D eigenvalue weighted by molar-refractivity contribution is 6.41. The SMILES string of the molecule is OB(O)Cc1ccccc1CB(O)O. The smallest absolute Gasteiger partial charge is 0.427 e. The van der Waals surface area contributed by atoms with Crippen molar-refractivity contribution in [3.05, 3.63) is 35.4 Å². The van der Waals surface area contributed by atoms with Crippen LogP contribution in [0.1, 0.15) is 11.1 Å². The lowest BCUT2D eigenvalue weighted by molar-refractivity contribution is 0.401. The summed E-state index contributed by atoms with van der Waals surface area (Å²) >= 11 is 0. The summed E-state index contributed by atoms with van der Waals surface area (Å²) in [4.78, 5) is 0. The van der Waals surface area contributed by atoms with Crippen LogP contribution in [0.25, 0.3) is 0 Å². The Kier molecular flexibility index (Phi) is 4.16. The lowest BCUT2D eigenvalue weighted by Gasteiger charge is -2.07. The average Bonchev–Trinajstić information content (AvgIpc) is 2.06. The molecule has 0 saturated carbocycles. The van der Waals surface area contributed by atoms with Gasteiger partial charge in [-0.05, 0) is 11.1 Å². The van der Waals surface area contributed by atoms with Gasteiger partial charge in [-0.15, -0.1) is 0 Å². The van der Waals surface area contributed by atoms with Gasteiger partial charge in [0.15, 0.2) is 0 Å². The highest BCUT2D eigenvalue weighted by atomic mass is 16.4. The molecule has 1 rings (SSSR count). The van der Waals surface area contributed by atoms with Crippen LogP contribution >= 0.6 is 0 Å². The van der Waals surface area contributed by atoms with Crippen molar-refractivity contribution in [2.45, 2.75) is 12.6 Å². The molecule has 0 amide bonds. The second-order valence-corrected chi connectivity index (χ2v) is 3.14. The van der Waals surface area contributed by atoms with Crippen LogP contribution in [0.2, 0.25) is 0 Å². The molecule has 0 radical (unpaired) electrons. The van der Waals surface area contributed by atoms with Crippen LogP contribution in [0.4, 0.5) is 0 Å². The average molecular weight is 194 g/mol. The van der Waals surface area contributed by atoms with Crippen molar-refractivity contribution < 1.29 is 20.1 Å². The maximum absolute atomic E-state index is 8.79. The van der Waals surface area contributed by atoms with Crippen LogP contribution in [-0.2, 0) is 12.6 Å². The minimum Gasteiger partial charge on any atom is -0.427 e. The predicted octanol–water partition coefficient (Wildman–Crippen LogP) is -1.20. The molecule has 0 heterocycles. The van der Waals surface area contributed by atoms with Crippen LogP contribution in [0.5, 0.6) is 0 Å². The minimum atomic E-state index is -1.41. The van der Waals surface area contributed by atoms with E-state index in [0.717, 1.165) is 11.1 Å². The molecule has 4 N–H and O–H groups in total. The molecule has 0 atom stereocenters. The van der Waals surface area contributed by atoms with E-state index in [4.69, 9.17) is 20.1 Å². The number of hydrogen-bond acceptors (Lipinski definition) is 4. The monoisotopic (exact) mass is 194 g/mol. The third kappa shape index (κ3) is 3.51. The molecule has 0 saturated heterocycles. The molecule has 0 aliphatic carbocycles. The highest BCUT2D eigenvalue weighted by Gasteiger charge is 2.15. The van der Waals surface area contributed by atoms with Gasteiger partial charge in [0.1, 0.15) is 0 Å². The normalized spacial score (nSPS) is 10.0. The topological polar surface area (TPSA) is 80.9 Å². The summed E-state index contributed by atoms with van der Waals surface area (Å²) in [6.45, 7) is 0. The zero-order chi connectivity index (χ0) is 10.6. The Labute approximate surface area is 83.1 Å². The fourth-order valence-corrected chi connectivity index (χ4v) is 1.35. The quantitative estimate of drug-likeness (QED) is 0.453. The second kappa shape index (κ2) is 5.17. The Bertz CT molecular complexity index is 261. The summed E-state index contributed by atoms with van der Waals surface area (Å²) in [5, 5.41) is 35.2. The van der Waals surface area contributed by atoms with Gasteiger partial charge in [0, 0.05) is 12.6 Å². The first kappa shape index (κ1) is 11.3. The van der Waals surface area contributed by atoms with E-state index in [-0.39, 0.29) is 12.6 Å². The van der Waals surface area contributed by atoms with Crippen molar-refractivity contribution >= 4 is 14.2 Å². The van der Waals surface area contributed by atoms with E-state index in [9.17, 15) is 0 Å². The Morgan fingerprint density at radius 2 is 1.14 bits per heavy atom. The van der Waals surface area contributed by atoms with Gasteiger partial charge in [0.05, 0.1) is 0 Å². The molecule has 0 bridgehead atoms. The van der Waals surface area contributed by atoms with Crippen LogP contribution in [0.15, 0.2) is 24.3 Å². The van der Waals surface area contributed by atoms with Crippen molar-refractivity contribution in [1.29, 1.82) is 0 Å². The number of hydrogen-bond donors (Lipinski definition) is 4. The van der Waals surface area contributed by atoms with Crippen molar-refractivity contribution in [1.82, 2.24) is 0 Å². The van der Waals surface area contributed by atoms with Crippen LogP contribution in [0, 0.1) is 0 Å². The summed E-state index contributed by atoms with van der Waals surface area (Å²) < 4.78 is 0. The summed E-state index contributed by atoms with van der Waals surface area (Å²) in [7, 11) is -2.82. The number of rotatable bonds is 4. The van der Waals surface area contributed by atoms with E-state index in [2.05, 4.69) is 0 Å². The standard InChI is InChI=1S/C8H12B2O4/c11-9(12)5-7-3-1-2-4-8(7)6-10(13)14/h1-4,11-14H,5-6H2. The Hall–Kier alpha value is -0.810. The van der Waals surface area contributed by atoms with Gasteiger partial charge in [-0.2, -0.15) is 0 Å². The van der Waals surface area contributed by atoms with Crippen molar-refractivity contribution in [3.63, 3.8) is 0 Å². The lowest BCUT2D eigenvalue weighted by Crippen LogP contribution is -2.20. The van der Waals surface area contributed by atoms with E-state index in [1.807, 2.05) is 0 Å². The highest BCUT2D eigenvalue weighted by Crippen LogP contribution is 2.10. The molecule has 14 heavy (non-hydrogen) atoms. The zero-order valence-electron chi connectivity index (χ0n) is 7.67. The predicted molar refractivity (Wildman–Crippen MR) is 54.2 cm³/mol. The van der Waals surface area contributed by atoms with E-state index < -0.39 is 14.2 Å². The first-order chi connectivity index (χ1) is 6.59. The Balaban J connectivity index is 2.80. The molecule has 1 aromatic rings. The molecule has 4 nitrogen and oxygen atoms in total. The van der Waals surface area contributed by atoms with Crippen LogP contribution in [-0.4, -0.2) is 34.3 Å². The van der Waals surface area contributed by atoms with Gasteiger partial charge in [-0.3, -0.25) is 0 Å². The third-order valence-electron chi connectivity index (χ3n) is 1.92. The molecule has 0 spiro atoms. The molecule has 1 aromatic carbocycles. The fraction of sp³-hybridized carbons (Fsp3) is 0.250. The van der Waals surface area contributed by atoms with Crippen LogP contribution in [0.3, 0.4) is 0 Å². The molecule has 0 aliphatic heterocycles. The van der Waals surface area contributed by atoms with Crippen molar-refractivity contribution in [2.24, 2.45) is 0 Å². The number of benzene rings is 1. The van der Waals surface area contributed by atoms with Gasteiger partial charge in [0.2, 0.25) is 0 Å². The summed E-state index contributed by atoms with van der Waals surface area (Å²) in [6, 6.07) is 7.00. The van der Waals surface area contributed by atoms with E-state index in [1.165, 1.54) is 0 Å². The molecule has 74 valence electrons. The molecular weight excluding hydrogens is 182 g/mol. The van der Waals surface area contributed by atoms with Crippen LogP contribution < -0.4 is 0 Å². The van der Waals surface area contributed by atoms with Gasteiger partial charge >= 0.3 is 14.2 Å². The van der Waals surface area contributed by atoms with E-state index in [1.54, 1.807) is 24.3 Å². The minimum absolute atomic E-state index is 0.100. The van der Waals surface area contributed by atoms with Gasteiger partial charge in [-0.1, -0.05) is 24.3 Å². The third-order valence-corrected chi connectivity index (χ3v) is 1.92. The summed E-state index contributed by atoms with van der Waals surface area (Å²) in [5.41, 5.74) is 1.44. The molecular formula is C8H12B2O4. The van der Waals surface area contributed by atoms with E-state index >= 15 is 0 Å². The zero-order valence-corrected chi connectivity index (χ0v) is 7.67. The van der Waals surface area contributed by atoms with Crippen molar-refractivity contribution in [2.75, 3.05) is 0 Å². The summed E-state index contributed by atoms with van der Waals surface area (Å²) in [6.07, 6.45) is 0.200. The van der Waals surface area contributed by atoms with Gasteiger partial charge < -0.3 is 20.1 Å². The lowest BCUT2D eigenvalue weighted by atomic mass is 9.75.